The van der Waals surface area contributed by atoms with Crippen LogP contribution in [0.15, 0.2) is 23.1 Å². The van der Waals surface area contributed by atoms with Gasteiger partial charge >= 0.3 is 0 Å². The summed E-state index contributed by atoms with van der Waals surface area (Å²) in [6, 6.07) is 4.44. The van der Waals surface area contributed by atoms with Gasteiger partial charge in [-0.2, -0.15) is 0 Å². The molecule has 0 fully saturated rings. The highest BCUT2D eigenvalue weighted by atomic mass is 32.2. The molecule has 0 radical (unpaired) electrons. The van der Waals surface area contributed by atoms with Gasteiger partial charge in [0.1, 0.15) is 17.3 Å². The van der Waals surface area contributed by atoms with Gasteiger partial charge in [-0.05, 0) is 31.0 Å². The van der Waals surface area contributed by atoms with Gasteiger partial charge in [0.2, 0.25) is 10.0 Å². The lowest BCUT2D eigenvalue weighted by Crippen LogP contribution is -2.36. The summed E-state index contributed by atoms with van der Waals surface area (Å²) < 4.78 is 32.7. The second-order valence-corrected chi connectivity index (χ2v) is 6.66. The van der Waals surface area contributed by atoms with Crippen molar-refractivity contribution in [1.82, 2.24) is 4.72 Å². The van der Waals surface area contributed by atoms with E-state index in [4.69, 9.17) is 9.84 Å². The van der Waals surface area contributed by atoms with E-state index in [0.717, 1.165) is 0 Å². The van der Waals surface area contributed by atoms with Crippen LogP contribution in [-0.2, 0) is 10.0 Å². The molecule has 1 aromatic carbocycles. The molecule has 6 heteroatoms. The largest absolute Gasteiger partial charge is 0.495 e. The average molecular weight is 311 g/mol. The molecule has 0 saturated carbocycles. The molecule has 116 valence electrons. The third kappa shape index (κ3) is 4.74. The summed E-state index contributed by atoms with van der Waals surface area (Å²) in [5.74, 6) is 5.60. The Labute approximate surface area is 126 Å². The van der Waals surface area contributed by atoms with E-state index in [9.17, 15) is 8.42 Å². The number of sulfonamides is 1. The SMILES string of the molecule is COc1ccc(C#CCO)cc1S(=O)(=O)NC(C)C(C)C. The van der Waals surface area contributed by atoms with Gasteiger partial charge in [0.15, 0.2) is 0 Å². The minimum Gasteiger partial charge on any atom is -0.495 e. The minimum atomic E-state index is -3.70. The van der Waals surface area contributed by atoms with E-state index >= 15 is 0 Å². The normalized spacial score (nSPS) is 12.7. The molecule has 0 aliphatic rings. The number of hydrogen-bond acceptors (Lipinski definition) is 4. The van der Waals surface area contributed by atoms with Gasteiger partial charge in [0, 0.05) is 11.6 Å². The first-order valence-electron chi connectivity index (χ1n) is 6.62. The van der Waals surface area contributed by atoms with Gasteiger partial charge in [0.25, 0.3) is 0 Å². The van der Waals surface area contributed by atoms with Crippen molar-refractivity contribution in [2.24, 2.45) is 5.92 Å². The zero-order valence-corrected chi connectivity index (χ0v) is 13.5. The molecule has 1 aromatic rings. The van der Waals surface area contributed by atoms with E-state index in [1.54, 1.807) is 12.1 Å². The molecule has 0 saturated heterocycles. The topological polar surface area (TPSA) is 75.6 Å². The molecule has 0 spiro atoms. The van der Waals surface area contributed by atoms with Crippen molar-refractivity contribution < 1.29 is 18.3 Å². The van der Waals surface area contributed by atoms with Crippen molar-refractivity contribution >= 4 is 10.0 Å². The van der Waals surface area contributed by atoms with E-state index in [1.807, 2.05) is 20.8 Å². The summed E-state index contributed by atoms with van der Waals surface area (Å²) in [7, 11) is -2.28. The van der Waals surface area contributed by atoms with E-state index < -0.39 is 10.0 Å². The van der Waals surface area contributed by atoms with E-state index in [2.05, 4.69) is 16.6 Å². The van der Waals surface area contributed by atoms with Crippen LogP contribution in [0.3, 0.4) is 0 Å². The van der Waals surface area contributed by atoms with E-state index in [-0.39, 0.29) is 29.2 Å². The van der Waals surface area contributed by atoms with Crippen LogP contribution in [0, 0.1) is 17.8 Å². The maximum absolute atomic E-state index is 12.5. The molecule has 0 amide bonds. The molecule has 0 aliphatic carbocycles. The quantitative estimate of drug-likeness (QED) is 0.805. The summed E-state index contributed by atoms with van der Waals surface area (Å²) in [6.07, 6.45) is 0. The van der Waals surface area contributed by atoms with Gasteiger partial charge in [0.05, 0.1) is 7.11 Å². The smallest absolute Gasteiger partial charge is 0.244 e. The lowest BCUT2D eigenvalue weighted by Gasteiger charge is -2.18. The van der Waals surface area contributed by atoms with Crippen molar-refractivity contribution in [2.45, 2.75) is 31.7 Å². The molecule has 0 bridgehead atoms. The second-order valence-electron chi connectivity index (χ2n) is 4.98. The van der Waals surface area contributed by atoms with Crippen LogP contribution in [-0.4, -0.2) is 33.3 Å². The van der Waals surface area contributed by atoms with Crippen LogP contribution in [0.2, 0.25) is 0 Å². The number of hydrogen-bond donors (Lipinski definition) is 2. The standard InChI is InChI=1S/C15H21NO4S/c1-11(2)12(3)16-21(18,19)15-10-13(6-5-9-17)7-8-14(15)20-4/h7-8,10-12,16-17H,9H2,1-4H3. The Hall–Kier alpha value is -1.55. The van der Waals surface area contributed by atoms with Crippen LogP contribution in [0.5, 0.6) is 5.75 Å². The molecule has 1 unspecified atom stereocenters. The fraction of sp³-hybridized carbons (Fsp3) is 0.467. The fourth-order valence-electron chi connectivity index (χ4n) is 1.55. The van der Waals surface area contributed by atoms with Crippen LogP contribution < -0.4 is 9.46 Å². The van der Waals surface area contributed by atoms with Gasteiger partial charge in [-0.1, -0.05) is 25.7 Å². The number of nitrogens with one attached hydrogen (secondary N) is 1. The first-order chi connectivity index (χ1) is 9.81. The molecular weight excluding hydrogens is 290 g/mol. The highest BCUT2D eigenvalue weighted by Gasteiger charge is 2.23. The molecule has 0 aromatic heterocycles. The Bertz CT molecular complexity index is 641. The summed E-state index contributed by atoms with van der Waals surface area (Å²) in [5.41, 5.74) is 0.502. The maximum Gasteiger partial charge on any atom is 0.244 e. The monoisotopic (exact) mass is 311 g/mol. The third-order valence-corrected chi connectivity index (χ3v) is 4.69. The fourth-order valence-corrected chi connectivity index (χ4v) is 3.14. The first-order valence-corrected chi connectivity index (χ1v) is 8.10. The Morgan fingerprint density at radius 1 is 1.33 bits per heavy atom. The van der Waals surface area contributed by atoms with E-state index in [1.165, 1.54) is 13.2 Å². The average Bonchev–Trinajstić information content (AvgIpc) is 2.44. The third-order valence-electron chi connectivity index (χ3n) is 3.11. The van der Waals surface area contributed by atoms with Crippen molar-refractivity contribution in [3.8, 4) is 17.6 Å². The number of benzene rings is 1. The summed E-state index contributed by atoms with van der Waals surface area (Å²) in [4.78, 5) is 0.0437. The van der Waals surface area contributed by atoms with Crippen molar-refractivity contribution in [3.63, 3.8) is 0 Å². The molecule has 0 aliphatic heterocycles. The van der Waals surface area contributed by atoms with Crippen molar-refractivity contribution in [3.05, 3.63) is 23.8 Å². The van der Waals surface area contributed by atoms with Crippen LogP contribution in [0.4, 0.5) is 0 Å². The molecular formula is C15H21NO4S. The lowest BCUT2D eigenvalue weighted by molar-refractivity contribution is 0.350. The molecule has 2 N–H and O–H groups in total. The number of aliphatic hydroxyl groups is 1. The van der Waals surface area contributed by atoms with Crippen molar-refractivity contribution in [2.75, 3.05) is 13.7 Å². The second kappa shape index (κ2) is 7.46. The summed E-state index contributed by atoms with van der Waals surface area (Å²) in [5, 5.41) is 8.71. The molecule has 21 heavy (non-hydrogen) atoms. The van der Waals surface area contributed by atoms with Gasteiger partial charge in [-0.25, -0.2) is 13.1 Å². The lowest BCUT2D eigenvalue weighted by atomic mass is 10.1. The highest BCUT2D eigenvalue weighted by molar-refractivity contribution is 7.89. The molecule has 5 nitrogen and oxygen atoms in total. The van der Waals surface area contributed by atoms with Crippen molar-refractivity contribution in [1.29, 1.82) is 0 Å². The van der Waals surface area contributed by atoms with E-state index in [0.29, 0.717) is 5.56 Å². The number of aliphatic hydroxyl groups excluding tert-OH is 1. The first kappa shape index (κ1) is 17.5. The van der Waals surface area contributed by atoms with Gasteiger partial charge in [-0.3, -0.25) is 0 Å². The predicted molar refractivity (Wildman–Crippen MR) is 81.6 cm³/mol. The van der Waals surface area contributed by atoms with Gasteiger partial charge in [-0.15, -0.1) is 0 Å². The number of methoxy groups -OCH3 is 1. The van der Waals surface area contributed by atoms with Crippen LogP contribution in [0.25, 0.3) is 0 Å². The summed E-state index contributed by atoms with van der Waals surface area (Å²) >= 11 is 0. The molecule has 1 atom stereocenters. The van der Waals surface area contributed by atoms with Crippen LogP contribution in [0.1, 0.15) is 26.3 Å². The Morgan fingerprint density at radius 2 is 2.00 bits per heavy atom. The zero-order chi connectivity index (χ0) is 16.0. The summed E-state index contributed by atoms with van der Waals surface area (Å²) in [6.45, 7) is 5.40. The number of rotatable bonds is 5. The Balaban J connectivity index is 3.25. The Kier molecular flexibility index (Phi) is 6.21. The minimum absolute atomic E-state index is 0.0437. The molecule has 1 rings (SSSR count). The highest BCUT2D eigenvalue weighted by Crippen LogP contribution is 2.25. The zero-order valence-electron chi connectivity index (χ0n) is 12.7. The van der Waals surface area contributed by atoms with Gasteiger partial charge < -0.3 is 9.84 Å². The van der Waals surface area contributed by atoms with Crippen LogP contribution >= 0.6 is 0 Å². The Morgan fingerprint density at radius 3 is 2.52 bits per heavy atom. The number of ether oxygens (including phenoxy) is 1. The predicted octanol–water partition coefficient (Wildman–Crippen LogP) is 1.36. The maximum atomic E-state index is 12.5. The molecule has 0 heterocycles.